The lowest BCUT2D eigenvalue weighted by molar-refractivity contribution is 0.583. The Bertz CT molecular complexity index is 737. The second kappa shape index (κ2) is 5.13. The van der Waals surface area contributed by atoms with Crippen LogP contribution in [0.2, 0.25) is 0 Å². The minimum absolute atomic E-state index is 0.144. The Kier molecular flexibility index (Phi) is 3.71. The first-order valence-corrected chi connectivity index (χ1v) is 7.71. The van der Waals surface area contributed by atoms with Gasteiger partial charge in [-0.3, -0.25) is 4.68 Å². The molecule has 8 heteroatoms. The van der Waals surface area contributed by atoms with Crippen LogP contribution in [-0.2, 0) is 23.6 Å². The molecule has 19 heavy (non-hydrogen) atoms. The summed E-state index contributed by atoms with van der Waals surface area (Å²) in [5.74, 6) is 0. The number of nitrogens with zero attached hydrogens (tertiary/aromatic N) is 3. The zero-order valence-corrected chi connectivity index (χ0v) is 12.0. The molecule has 0 aromatic carbocycles. The molecule has 0 aliphatic carbocycles. The molecule has 2 rings (SSSR count). The van der Waals surface area contributed by atoms with Crippen molar-refractivity contribution in [2.24, 2.45) is 7.05 Å². The van der Waals surface area contributed by atoms with E-state index in [1.54, 1.807) is 17.9 Å². The van der Waals surface area contributed by atoms with Gasteiger partial charge in [0.25, 0.3) is 0 Å². The van der Waals surface area contributed by atoms with E-state index in [9.17, 15) is 8.42 Å². The molecule has 2 aromatic heterocycles. The maximum absolute atomic E-state index is 12.0. The zero-order chi connectivity index (χ0) is 14.0. The van der Waals surface area contributed by atoms with Crippen molar-refractivity contribution in [3.8, 4) is 6.07 Å². The number of thiophene rings is 1. The van der Waals surface area contributed by atoms with Crippen LogP contribution < -0.4 is 4.72 Å². The highest BCUT2D eigenvalue weighted by atomic mass is 32.2. The largest absolute Gasteiger partial charge is 0.275 e. The highest BCUT2D eigenvalue weighted by Gasteiger charge is 2.17. The highest BCUT2D eigenvalue weighted by Crippen LogP contribution is 2.20. The summed E-state index contributed by atoms with van der Waals surface area (Å²) in [5.41, 5.74) is 1.61. The Balaban J connectivity index is 2.14. The maximum Gasteiger partial charge on any atom is 0.250 e. The van der Waals surface area contributed by atoms with E-state index in [1.807, 2.05) is 13.0 Å². The average molecular weight is 296 g/mol. The van der Waals surface area contributed by atoms with Gasteiger partial charge in [-0.2, -0.15) is 10.4 Å². The van der Waals surface area contributed by atoms with Crippen LogP contribution in [0.1, 0.15) is 16.1 Å². The molecule has 0 bridgehead atoms. The minimum Gasteiger partial charge on any atom is -0.275 e. The van der Waals surface area contributed by atoms with Crippen LogP contribution in [0.5, 0.6) is 0 Å². The number of hydrogen-bond acceptors (Lipinski definition) is 5. The van der Waals surface area contributed by atoms with Crippen molar-refractivity contribution >= 4 is 21.4 Å². The number of aryl methyl sites for hydroxylation is 2. The lowest BCUT2D eigenvalue weighted by atomic mass is 10.3. The Morgan fingerprint density at radius 1 is 1.53 bits per heavy atom. The van der Waals surface area contributed by atoms with Gasteiger partial charge in [-0.05, 0) is 19.1 Å². The molecule has 0 amide bonds. The smallest absolute Gasteiger partial charge is 0.250 e. The monoisotopic (exact) mass is 296 g/mol. The summed E-state index contributed by atoms with van der Waals surface area (Å²) in [6.07, 6.45) is 1.77. The number of aromatic nitrogens is 2. The van der Waals surface area contributed by atoms with Crippen molar-refractivity contribution in [2.75, 3.05) is 0 Å². The Hall–Kier alpha value is -1.69. The standard InChI is InChI=1S/C11H12N4O2S2/c1-8-9(7-15(2)14-8)6-13-19(16,17)11-4-3-10(5-12)18-11/h3-4,7,13H,6H2,1-2H3. The fourth-order valence-corrected chi connectivity index (χ4v) is 3.75. The minimum atomic E-state index is -3.57. The first-order chi connectivity index (χ1) is 8.92. The lowest BCUT2D eigenvalue weighted by Crippen LogP contribution is -2.22. The van der Waals surface area contributed by atoms with E-state index < -0.39 is 10.0 Å². The fourth-order valence-electron chi connectivity index (χ4n) is 1.59. The van der Waals surface area contributed by atoms with E-state index in [4.69, 9.17) is 5.26 Å². The molecule has 0 aliphatic heterocycles. The van der Waals surface area contributed by atoms with E-state index >= 15 is 0 Å². The molecule has 100 valence electrons. The predicted molar refractivity (Wildman–Crippen MR) is 71.0 cm³/mol. The first-order valence-electron chi connectivity index (χ1n) is 5.41. The van der Waals surface area contributed by atoms with E-state index in [2.05, 4.69) is 9.82 Å². The topological polar surface area (TPSA) is 87.8 Å². The van der Waals surface area contributed by atoms with Crippen molar-refractivity contribution in [2.45, 2.75) is 17.7 Å². The Morgan fingerprint density at radius 2 is 2.26 bits per heavy atom. The normalized spacial score (nSPS) is 11.4. The molecule has 0 saturated carbocycles. The molecule has 2 heterocycles. The number of nitrogens with one attached hydrogen (secondary N) is 1. The van der Waals surface area contributed by atoms with Crippen molar-refractivity contribution in [1.29, 1.82) is 5.26 Å². The van der Waals surface area contributed by atoms with Gasteiger partial charge in [0.15, 0.2) is 0 Å². The molecule has 0 saturated heterocycles. The van der Waals surface area contributed by atoms with Gasteiger partial charge < -0.3 is 0 Å². The van der Waals surface area contributed by atoms with Crippen LogP contribution in [-0.4, -0.2) is 18.2 Å². The first kappa shape index (κ1) is 13.7. The SMILES string of the molecule is Cc1nn(C)cc1CNS(=O)(=O)c1ccc(C#N)s1. The molecular formula is C11H12N4O2S2. The summed E-state index contributed by atoms with van der Waals surface area (Å²) in [7, 11) is -1.79. The third-order valence-corrected chi connectivity index (χ3v) is 5.41. The number of rotatable bonds is 4. The Labute approximate surface area is 115 Å². The van der Waals surface area contributed by atoms with Gasteiger partial charge in [-0.15, -0.1) is 11.3 Å². The summed E-state index contributed by atoms with van der Waals surface area (Å²) in [6.45, 7) is 2.00. The van der Waals surface area contributed by atoms with Crippen molar-refractivity contribution in [3.05, 3.63) is 34.5 Å². The van der Waals surface area contributed by atoms with Gasteiger partial charge >= 0.3 is 0 Å². The highest BCUT2D eigenvalue weighted by molar-refractivity contribution is 7.91. The second-order valence-electron chi connectivity index (χ2n) is 3.97. The van der Waals surface area contributed by atoms with E-state index in [0.717, 1.165) is 22.6 Å². The molecule has 2 aromatic rings. The van der Waals surface area contributed by atoms with Crippen LogP contribution in [0.3, 0.4) is 0 Å². The molecule has 0 aliphatic rings. The van der Waals surface area contributed by atoms with Crippen molar-refractivity contribution in [3.63, 3.8) is 0 Å². The predicted octanol–water partition coefficient (Wildman–Crippen LogP) is 1.14. The van der Waals surface area contributed by atoms with Gasteiger partial charge in [0.2, 0.25) is 10.0 Å². The molecule has 0 spiro atoms. The Morgan fingerprint density at radius 3 is 2.79 bits per heavy atom. The number of sulfonamides is 1. The molecule has 0 unspecified atom stereocenters. The molecule has 0 radical (unpaired) electrons. The third kappa shape index (κ3) is 3.01. The maximum atomic E-state index is 12.0. The van der Waals surface area contributed by atoms with Crippen LogP contribution >= 0.6 is 11.3 Å². The molecule has 0 atom stereocenters. The zero-order valence-electron chi connectivity index (χ0n) is 10.4. The second-order valence-corrected chi connectivity index (χ2v) is 7.05. The van der Waals surface area contributed by atoms with Gasteiger partial charge in [-0.1, -0.05) is 0 Å². The summed E-state index contributed by atoms with van der Waals surface area (Å²) < 4.78 is 28.3. The average Bonchev–Trinajstić information content (AvgIpc) is 2.94. The van der Waals surface area contributed by atoms with Gasteiger partial charge in [0.1, 0.15) is 15.2 Å². The summed E-state index contributed by atoms with van der Waals surface area (Å²) in [4.78, 5) is 0.373. The summed E-state index contributed by atoms with van der Waals surface area (Å²) >= 11 is 0.952. The molecule has 6 nitrogen and oxygen atoms in total. The van der Waals surface area contributed by atoms with Crippen LogP contribution in [0.15, 0.2) is 22.5 Å². The third-order valence-electron chi connectivity index (χ3n) is 2.52. The van der Waals surface area contributed by atoms with Gasteiger partial charge in [0.05, 0.1) is 5.69 Å². The van der Waals surface area contributed by atoms with Gasteiger partial charge in [0, 0.05) is 25.4 Å². The quantitative estimate of drug-likeness (QED) is 0.916. The van der Waals surface area contributed by atoms with Crippen LogP contribution in [0, 0.1) is 18.3 Å². The van der Waals surface area contributed by atoms with Gasteiger partial charge in [-0.25, -0.2) is 13.1 Å². The lowest BCUT2D eigenvalue weighted by Gasteiger charge is -2.03. The number of nitriles is 1. The fraction of sp³-hybridized carbons (Fsp3) is 0.273. The molecular weight excluding hydrogens is 284 g/mol. The molecule has 1 N–H and O–H groups in total. The van der Waals surface area contributed by atoms with Crippen LogP contribution in [0.25, 0.3) is 0 Å². The summed E-state index contributed by atoms with van der Waals surface area (Å²) in [6, 6.07) is 4.85. The number of hydrogen-bond donors (Lipinski definition) is 1. The van der Waals surface area contributed by atoms with E-state index in [-0.39, 0.29) is 10.8 Å². The van der Waals surface area contributed by atoms with E-state index in [0.29, 0.717) is 4.88 Å². The van der Waals surface area contributed by atoms with Crippen LogP contribution in [0.4, 0.5) is 0 Å². The molecule has 0 fully saturated rings. The van der Waals surface area contributed by atoms with E-state index in [1.165, 1.54) is 12.1 Å². The van der Waals surface area contributed by atoms with Crippen molar-refractivity contribution in [1.82, 2.24) is 14.5 Å². The summed E-state index contributed by atoms with van der Waals surface area (Å²) in [5, 5.41) is 12.8. The van der Waals surface area contributed by atoms with Crippen molar-refractivity contribution < 1.29 is 8.42 Å².